The molecule has 5 nitrogen and oxygen atoms in total. The standard InChI is InChI=1S/C13H14Br2N2O3S/c14-8-5-10(21-11(8)15)13(19)17-3-4-20-6-9(17)12(18)16-7-1-2-7/h5,7,9H,1-4,6H2,(H,16,18). The van der Waals surface area contributed by atoms with Crippen LogP contribution in [0.5, 0.6) is 0 Å². The normalized spacial score (nSPS) is 22.2. The quantitative estimate of drug-likeness (QED) is 0.789. The van der Waals surface area contributed by atoms with Crippen LogP contribution in [-0.2, 0) is 9.53 Å². The number of thiophene rings is 1. The lowest BCUT2D eigenvalue weighted by molar-refractivity contribution is -0.130. The van der Waals surface area contributed by atoms with Crippen molar-refractivity contribution < 1.29 is 14.3 Å². The predicted octanol–water partition coefficient (Wildman–Crippen LogP) is 2.39. The van der Waals surface area contributed by atoms with E-state index in [1.807, 2.05) is 0 Å². The molecule has 2 amide bonds. The van der Waals surface area contributed by atoms with Crippen LogP contribution in [0.2, 0.25) is 0 Å². The molecule has 0 aromatic carbocycles. The molecule has 1 N–H and O–H groups in total. The van der Waals surface area contributed by atoms with E-state index in [1.165, 1.54) is 11.3 Å². The van der Waals surface area contributed by atoms with Crippen molar-refractivity contribution in [1.82, 2.24) is 10.2 Å². The number of morpholine rings is 1. The minimum Gasteiger partial charge on any atom is -0.377 e. The van der Waals surface area contributed by atoms with Gasteiger partial charge in [0.05, 0.1) is 21.9 Å². The van der Waals surface area contributed by atoms with Crippen LogP contribution in [0.4, 0.5) is 0 Å². The predicted molar refractivity (Wildman–Crippen MR) is 86.5 cm³/mol. The van der Waals surface area contributed by atoms with E-state index in [0.717, 1.165) is 21.1 Å². The summed E-state index contributed by atoms with van der Waals surface area (Å²) in [6.07, 6.45) is 2.05. The SMILES string of the molecule is O=C(NC1CC1)C1COCCN1C(=O)c1cc(Br)c(Br)s1. The third-order valence-corrected chi connectivity index (χ3v) is 6.72. The first-order chi connectivity index (χ1) is 10.1. The number of nitrogens with zero attached hydrogens (tertiary/aromatic N) is 1. The summed E-state index contributed by atoms with van der Waals surface area (Å²) >= 11 is 8.13. The molecule has 8 heteroatoms. The summed E-state index contributed by atoms with van der Waals surface area (Å²) in [5.74, 6) is -0.231. The van der Waals surface area contributed by atoms with Crippen molar-refractivity contribution in [2.24, 2.45) is 0 Å². The van der Waals surface area contributed by atoms with E-state index in [9.17, 15) is 9.59 Å². The smallest absolute Gasteiger partial charge is 0.264 e. The molecule has 0 radical (unpaired) electrons. The van der Waals surface area contributed by atoms with Crippen LogP contribution in [0, 0.1) is 0 Å². The van der Waals surface area contributed by atoms with Crippen molar-refractivity contribution in [1.29, 1.82) is 0 Å². The van der Waals surface area contributed by atoms with E-state index in [-0.39, 0.29) is 24.5 Å². The van der Waals surface area contributed by atoms with Crippen LogP contribution in [0.3, 0.4) is 0 Å². The second-order valence-electron chi connectivity index (χ2n) is 5.10. The first kappa shape index (κ1) is 15.5. The average molecular weight is 438 g/mol. The summed E-state index contributed by atoms with van der Waals surface area (Å²) in [6, 6.07) is 1.52. The topological polar surface area (TPSA) is 58.6 Å². The number of amides is 2. The van der Waals surface area contributed by atoms with Gasteiger partial charge in [0.15, 0.2) is 0 Å². The zero-order chi connectivity index (χ0) is 15.0. The largest absolute Gasteiger partial charge is 0.377 e. The van der Waals surface area contributed by atoms with E-state index < -0.39 is 6.04 Å². The van der Waals surface area contributed by atoms with Gasteiger partial charge in [0, 0.05) is 17.1 Å². The van der Waals surface area contributed by atoms with Crippen LogP contribution in [0.15, 0.2) is 14.3 Å². The summed E-state index contributed by atoms with van der Waals surface area (Å²) in [5.41, 5.74) is 0. The van der Waals surface area contributed by atoms with Gasteiger partial charge in [-0.3, -0.25) is 9.59 Å². The highest BCUT2D eigenvalue weighted by Crippen LogP contribution is 2.33. The van der Waals surface area contributed by atoms with Crippen molar-refractivity contribution >= 4 is 55.0 Å². The molecule has 114 valence electrons. The van der Waals surface area contributed by atoms with Crippen LogP contribution in [-0.4, -0.2) is 48.6 Å². The second-order valence-corrected chi connectivity index (χ2v) is 8.33. The first-order valence-electron chi connectivity index (χ1n) is 6.70. The van der Waals surface area contributed by atoms with E-state index in [2.05, 4.69) is 37.2 Å². The van der Waals surface area contributed by atoms with Crippen molar-refractivity contribution in [2.75, 3.05) is 19.8 Å². The Morgan fingerprint density at radius 2 is 2.14 bits per heavy atom. The third kappa shape index (κ3) is 3.49. The zero-order valence-corrected chi connectivity index (χ0v) is 15.1. The zero-order valence-electron chi connectivity index (χ0n) is 11.1. The Bertz CT molecular complexity index is 554. The summed E-state index contributed by atoms with van der Waals surface area (Å²) in [4.78, 5) is 27.1. The number of nitrogens with one attached hydrogen (secondary N) is 1. The number of ether oxygens (including phenoxy) is 1. The molecule has 2 aliphatic rings. The lowest BCUT2D eigenvalue weighted by Gasteiger charge is -2.34. The van der Waals surface area contributed by atoms with E-state index >= 15 is 0 Å². The van der Waals surface area contributed by atoms with Crippen LogP contribution in [0.25, 0.3) is 0 Å². The van der Waals surface area contributed by atoms with Gasteiger partial charge >= 0.3 is 0 Å². The van der Waals surface area contributed by atoms with Crippen molar-refractivity contribution in [3.05, 3.63) is 19.2 Å². The van der Waals surface area contributed by atoms with E-state index in [4.69, 9.17) is 4.74 Å². The maximum atomic E-state index is 12.6. The van der Waals surface area contributed by atoms with Gasteiger partial charge in [0.25, 0.3) is 5.91 Å². The first-order valence-corrected chi connectivity index (χ1v) is 9.10. The molecule has 1 aliphatic heterocycles. The number of carbonyl (C=O) groups is 2. The van der Waals surface area contributed by atoms with Crippen molar-refractivity contribution in [2.45, 2.75) is 24.9 Å². The molecule has 1 unspecified atom stereocenters. The van der Waals surface area contributed by atoms with Gasteiger partial charge in [-0.1, -0.05) is 0 Å². The number of hydrogen-bond donors (Lipinski definition) is 1. The molecule has 0 spiro atoms. The molecule has 1 saturated heterocycles. The highest BCUT2D eigenvalue weighted by molar-refractivity contribution is 9.13. The Hall–Kier alpha value is -0.440. The van der Waals surface area contributed by atoms with Crippen LogP contribution >= 0.6 is 43.2 Å². The fourth-order valence-corrected chi connectivity index (χ4v) is 4.17. The van der Waals surface area contributed by atoms with Gasteiger partial charge in [0.2, 0.25) is 5.91 Å². The van der Waals surface area contributed by atoms with Crippen molar-refractivity contribution in [3.8, 4) is 0 Å². The minimum absolute atomic E-state index is 0.111. The fraction of sp³-hybridized carbons (Fsp3) is 0.538. The number of rotatable bonds is 3. The van der Waals surface area contributed by atoms with Crippen LogP contribution < -0.4 is 5.32 Å². The monoisotopic (exact) mass is 436 g/mol. The summed E-state index contributed by atoms with van der Waals surface area (Å²) in [6.45, 7) is 1.17. The molecule has 1 atom stereocenters. The molecule has 1 aromatic rings. The van der Waals surface area contributed by atoms with Gasteiger partial charge in [-0.05, 0) is 50.8 Å². The second kappa shape index (κ2) is 6.36. The molecule has 21 heavy (non-hydrogen) atoms. The summed E-state index contributed by atoms with van der Waals surface area (Å²) < 4.78 is 7.10. The molecule has 1 aromatic heterocycles. The Morgan fingerprint density at radius 1 is 1.38 bits per heavy atom. The summed E-state index contributed by atoms with van der Waals surface area (Å²) in [7, 11) is 0. The van der Waals surface area contributed by atoms with Gasteiger partial charge in [-0.25, -0.2) is 0 Å². The number of carbonyl (C=O) groups excluding carboxylic acids is 2. The van der Waals surface area contributed by atoms with Crippen molar-refractivity contribution in [3.63, 3.8) is 0 Å². The maximum Gasteiger partial charge on any atom is 0.264 e. The molecular weight excluding hydrogens is 424 g/mol. The molecule has 1 aliphatic carbocycles. The molecule has 2 heterocycles. The van der Waals surface area contributed by atoms with Gasteiger partial charge in [0.1, 0.15) is 6.04 Å². The third-order valence-electron chi connectivity index (χ3n) is 3.47. The van der Waals surface area contributed by atoms with Gasteiger partial charge in [-0.15, -0.1) is 11.3 Å². The highest BCUT2D eigenvalue weighted by atomic mass is 79.9. The highest BCUT2D eigenvalue weighted by Gasteiger charge is 2.36. The Morgan fingerprint density at radius 3 is 2.76 bits per heavy atom. The maximum absolute atomic E-state index is 12.6. The lowest BCUT2D eigenvalue weighted by Crippen LogP contribution is -2.56. The number of hydrogen-bond acceptors (Lipinski definition) is 4. The minimum atomic E-state index is -0.536. The van der Waals surface area contributed by atoms with E-state index in [1.54, 1.807) is 11.0 Å². The Kier molecular flexibility index (Phi) is 4.68. The molecule has 2 fully saturated rings. The fourth-order valence-electron chi connectivity index (χ4n) is 2.18. The Balaban J connectivity index is 1.76. The van der Waals surface area contributed by atoms with E-state index in [0.29, 0.717) is 18.0 Å². The van der Waals surface area contributed by atoms with Gasteiger partial charge in [-0.2, -0.15) is 0 Å². The molecule has 0 bridgehead atoms. The van der Waals surface area contributed by atoms with Crippen LogP contribution in [0.1, 0.15) is 22.5 Å². The van der Waals surface area contributed by atoms with Gasteiger partial charge < -0.3 is 15.0 Å². The molecule has 3 rings (SSSR count). The number of halogens is 2. The Labute approximate surface area is 143 Å². The molecule has 1 saturated carbocycles. The molecular formula is C13H14Br2N2O3S. The lowest BCUT2D eigenvalue weighted by atomic mass is 10.2. The summed E-state index contributed by atoms with van der Waals surface area (Å²) in [5, 5.41) is 2.95. The average Bonchev–Trinajstić information content (AvgIpc) is 3.23.